The number of hydrogen-bond acceptors (Lipinski definition) is 3. The summed E-state index contributed by atoms with van der Waals surface area (Å²) in [6, 6.07) is 1.66. The summed E-state index contributed by atoms with van der Waals surface area (Å²) < 4.78 is 5.25. The smallest absolute Gasteiger partial charge is 0.255 e. The van der Waals surface area contributed by atoms with Crippen LogP contribution in [0, 0.1) is 13.8 Å². The van der Waals surface area contributed by atoms with Crippen molar-refractivity contribution in [2.45, 2.75) is 27.2 Å². The van der Waals surface area contributed by atoms with E-state index in [0.717, 1.165) is 6.42 Å². The molecule has 1 aromatic rings. The van der Waals surface area contributed by atoms with Gasteiger partial charge >= 0.3 is 0 Å². The molecule has 0 aliphatic carbocycles. The predicted octanol–water partition coefficient (Wildman–Crippen LogP) is 1.15. The minimum Gasteiger partial charge on any atom is -0.466 e. The quantitative estimate of drug-likeness (QED) is 0.808. The number of amides is 2. The van der Waals surface area contributed by atoms with Crippen LogP contribution >= 0.6 is 0 Å². The van der Waals surface area contributed by atoms with Crippen LogP contribution in [-0.4, -0.2) is 24.9 Å². The van der Waals surface area contributed by atoms with Crippen LogP contribution in [0.3, 0.4) is 0 Å². The molecule has 0 saturated carbocycles. The zero-order valence-electron chi connectivity index (χ0n) is 10.4. The van der Waals surface area contributed by atoms with Crippen LogP contribution in [-0.2, 0) is 4.79 Å². The number of nitrogens with one attached hydrogen (secondary N) is 2. The topological polar surface area (TPSA) is 71.3 Å². The van der Waals surface area contributed by atoms with Crippen molar-refractivity contribution < 1.29 is 14.0 Å². The Labute approximate surface area is 101 Å². The Balaban J connectivity index is 2.45. The predicted molar refractivity (Wildman–Crippen MR) is 63.8 cm³/mol. The summed E-state index contributed by atoms with van der Waals surface area (Å²) >= 11 is 0. The molecule has 0 saturated heterocycles. The van der Waals surface area contributed by atoms with Gasteiger partial charge in [0, 0.05) is 6.54 Å². The third-order valence-electron chi connectivity index (χ3n) is 2.27. The summed E-state index contributed by atoms with van der Waals surface area (Å²) in [6.07, 6.45) is 0.875. The van der Waals surface area contributed by atoms with Crippen molar-refractivity contribution in [1.29, 1.82) is 0 Å². The van der Waals surface area contributed by atoms with Gasteiger partial charge in [-0.2, -0.15) is 0 Å². The molecule has 5 nitrogen and oxygen atoms in total. The average molecular weight is 238 g/mol. The van der Waals surface area contributed by atoms with Gasteiger partial charge in [-0.1, -0.05) is 6.92 Å². The molecule has 5 heteroatoms. The number of hydrogen-bond donors (Lipinski definition) is 2. The van der Waals surface area contributed by atoms with Gasteiger partial charge in [0.25, 0.3) is 5.91 Å². The zero-order chi connectivity index (χ0) is 12.8. The fraction of sp³-hybridized carbons (Fsp3) is 0.500. The Hall–Kier alpha value is -1.78. The van der Waals surface area contributed by atoms with Crippen LogP contribution in [0.2, 0.25) is 0 Å². The molecule has 0 unspecified atom stereocenters. The summed E-state index contributed by atoms with van der Waals surface area (Å²) in [4.78, 5) is 23.0. The van der Waals surface area contributed by atoms with E-state index >= 15 is 0 Å². The molecular weight excluding hydrogens is 220 g/mol. The largest absolute Gasteiger partial charge is 0.466 e. The summed E-state index contributed by atoms with van der Waals surface area (Å²) in [5, 5.41) is 5.23. The Morgan fingerprint density at radius 3 is 2.53 bits per heavy atom. The minimum atomic E-state index is -0.286. The molecule has 0 fully saturated rings. The van der Waals surface area contributed by atoms with E-state index < -0.39 is 0 Å². The van der Waals surface area contributed by atoms with E-state index in [9.17, 15) is 9.59 Å². The van der Waals surface area contributed by atoms with Crippen LogP contribution < -0.4 is 10.6 Å². The Bertz CT molecular complexity index is 410. The van der Waals surface area contributed by atoms with Crippen LogP contribution in [0.4, 0.5) is 0 Å². The van der Waals surface area contributed by atoms with Crippen LogP contribution in [0.1, 0.15) is 35.2 Å². The fourth-order valence-corrected chi connectivity index (χ4v) is 1.44. The lowest BCUT2D eigenvalue weighted by Crippen LogP contribution is -2.37. The van der Waals surface area contributed by atoms with Crippen molar-refractivity contribution in [2.24, 2.45) is 0 Å². The third kappa shape index (κ3) is 3.94. The monoisotopic (exact) mass is 238 g/mol. The highest BCUT2D eigenvalue weighted by atomic mass is 16.3. The fourth-order valence-electron chi connectivity index (χ4n) is 1.44. The standard InChI is InChI=1S/C12H18N2O3/c1-4-5-13-11(15)7-14-12(16)10-6-8(2)17-9(10)3/h6H,4-5,7H2,1-3H3,(H,13,15)(H,14,16). The van der Waals surface area contributed by atoms with E-state index in [2.05, 4.69) is 10.6 Å². The maximum absolute atomic E-state index is 11.7. The molecule has 94 valence electrons. The summed E-state index contributed by atoms with van der Waals surface area (Å²) in [5.74, 6) is 0.779. The molecule has 0 aromatic carbocycles. The second-order valence-electron chi connectivity index (χ2n) is 3.86. The maximum Gasteiger partial charge on any atom is 0.255 e. The molecule has 2 amide bonds. The number of rotatable bonds is 5. The van der Waals surface area contributed by atoms with Gasteiger partial charge in [-0.3, -0.25) is 9.59 Å². The number of carbonyl (C=O) groups excluding carboxylic acids is 2. The van der Waals surface area contributed by atoms with Crippen molar-refractivity contribution in [3.8, 4) is 0 Å². The molecule has 0 bridgehead atoms. The lowest BCUT2D eigenvalue weighted by Gasteiger charge is -2.05. The van der Waals surface area contributed by atoms with Gasteiger partial charge in [0.05, 0.1) is 12.1 Å². The molecule has 0 aliphatic rings. The second kappa shape index (κ2) is 6.08. The lowest BCUT2D eigenvalue weighted by molar-refractivity contribution is -0.120. The van der Waals surface area contributed by atoms with E-state index in [4.69, 9.17) is 4.42 Å². The highest BCUT2D eigenvalue weighted by Gasteiger charge is 2.13. The zero-order valence-corrected chi connectivity index (χ0v) is 10.4. The van der Waals surface area contributed by atoms with Crippen molar-refractivity contribution in [3.05, 3.63) is 23.2 Å². The highest BCUT2D eigenvalue weighted by Crippen LogP contribution is 2.12. The van der Waals surface area contributed by atoms with Gasteiger partial charge in [0.1, 0.15) is 11.5 Å². The highest BCUT2D eigenvalue weighted by molar-refractivity contribution is 5.97. The minimum absolute atomic E-state index is 0.0114. The van der Waals surface area contributed by atoms with Crippen LogP contribution in [0.25, 0.3) is 0 Å². The van der Waals surface area contributed by atoms with Crippen molar-refractivity contribution in [1.82, 2.24) is 10.6 Å². The van der Waals surface area contributed by atoms with Gasteiger partial charge < -0.3 is 15.1 Å². The van der Waals surface area contributed by atoms with Gasteiger partial charge in [-0.25, -0.2) is 0 Å². The molecular formula is C12H18N2O3. The first-order valence-corrected chi connectivity index (χ1v) is 5.66. The van der Waals surface area contributed by atoms with Crippen molar-refractivity contribution in [3.63, 3.8) is 0 Å². The molecule has 1 rings (SSSR count). The number of furan rings is 1. The Morgan fingerprint density at radius 2 is 2.00 bits per heavy atom. The van der Waals surface area contributed by atoms with E-state index in [1.807, 2.05) is 6.92 Å². The molecule has 2 N–H and O–H groups in total. The molecule has 1 aromatic heterocycles. The normalized spacial score (nSPS) is 10.1. The van der Waals surface area contributed by atoms with Gasteiger partial charge in [0.2, 0.25) is 5.91 Å². The second-order valence-corrected chi connectivity index (χ2v) is 3.86. The van der Waals surface area contributed by atoms with E-state index in [1.54, 1.807) is 19.9 Å². The van der Waals surface area contributed by atoms with Crippen molar-refractivity contribution >= 4 is 11.8 Å². The summed E-state index contributed by atoms with van der Waals surface area (Å²) in [6.45, 7) is 6.08. The molecule has 1 heterocycles. The van der Waals surface area contributed by atoms with Gasteiger partial charge in [0.15, 0.2) is 0 Å². The molecule has 0 atom stereocenters. The van der Waals surface area contributed by atoms with E-state index in [1.165, 1.54) is 0 Å². The van der Waals surface area contributed by atoms with Gasteiger partial charge in [-0.05, 0) is 26.3 Å². The summed E-state index contributed by atoms with van der Waals surface area (Å²) in [5.41, 5.74) is 0.478. The molecule has 0 radical (unpaired) electrons. The molecule has 0 spiro atoms. The van der Waals surface area contributed by atoms with Crippen LogP contribution in [0.5, 0.6) is 0 Å². The lowest BCUT2D eigenvalue weighted by atomic mass is 10.2. The first-order valence-electron chi connectivity index (χ1n) is 5.66. The Morgan fingerprint density at radius 1 is 1.29 bits per heavy atom. The molecule has 0 aliphatic heterocycles. The van der Waals surface area contributed by atoms with Crippen LogP contribution in [0.15, 0.2) is 10.5 Å². The van der Waals surface area contributed by atoms with E-state index in [0.29, 0.717) is 23.6 Å². The van der Waals surface area contributed by atoms with Crippen molar-refractivity contribution in [2.75, 3.05) is 13.1 Å². The first kappa shape index (κ1) is 13.3. The summed E-state index contributed by atoms with van der Waals surface area (Å²) in [7, 11) is 0. The molecule has 17 heavy (non-hydrogen) atoms. The van der Waals surface area contributed by atoms with E-state index in [-0.39, 0.29) is 18.4 Å². The third-order valence-corrected chi connectivity index (χ3v) is 2.27. The average Bonchev–Trinajstić information content (AvgIpc) is 2.62. The SMILES string of the molecule is CCCNC(=O)CNC(=O)c1cc(C)oc1C. The Kier molecular flexibility index (Phi) is 4.75. The van der Waals surface area contributed by atoms with Gasteiger partial charge in [-0.15, -0.1) is 0 Å². The number of carbonyl (C=O) groups is 2. The number of aryl methyl sites for hydroxylation is 2. The first-order chi connectivity index (χ1) is 8.04. The maximum atomic E-state index is 11.7.